The van der Waals surface area contributed by atoms with E-state index >= 15 is 0 Å². The molecule has 1 aromatic heterocycles. The molecule has 4 heteroatoms. The minimum atomic E-state index is 0.744. The Morgan fingerprint density at radius 3 is 2.52 bits per heavy atom. The SMILES string of the molecule is CCCNc1ccc(Cl)c(CN2Cc3ccccc3C2)n1. The average molecular weight is 302 g/mol. The van der Waals surface area contributed by atoms with Gasteiger partial charge in [-0.15, -0.1) is 0 Å². The van der Waals surface area contributed by atoms with Crippen LogP contribution in [0.3, 0.4) is 0 Å². The van der Waals surface area contributed by atoms with E-state index < -0.39 is 0 Å². The number of hydrogen-bond donors (Lipinski definition) is 1. The third-order valence-corrected chi connectivity index (χ3v) is 4.10. The summed E-state index contributed by atoms with van der Waals surface area (Å²) in [7, 11) is 0. The van der Waals surface area contributed by atoms with Gasteiger partial charge in [0.15, 0.2) is 0 Å². The molecule has 21 heavy (non-hydrogen) atoms. The first-order valence-corrected chi connectivity index (χ1v) is 7.82. The molecule has 2 aromatic rings. The molecule has 0 spiro atoms. The number of pyridine rings is 1. The van der Waals surface area contributed by atoms with Crippen LogP contribution in [0.4, 0.5) is 5.82 Å². The molecule has 0 unspecified atom stereocenters. The second-order valence-corrected chi connectivity index (χ2v) is 5.87. The zero-order chi connectivity index (χ0) is 14.7. The lowest BCUT2D eigenvalue weighted by molar-refractivity contribution is 0.272. The van der Waals surface area contributed by atoms with Crippen molar-refractivity contribution in [1.29, 1.82) is 0 Å². The summed E-state index contributed by atoms with van der Waals surface area (Å²) >= 11 is 6.30. The third-order valence-electron chi connectivity index (χ3n) is 3.75. The second-order valence-electron chi connectivity index (χ2n) is 5.47. The van der Waals surface area contributed by atoms with Crippen LogP contribution in [0.2, 0.25) is 5.02 Å². The molecule has 0 aliphatic carbocycles. The van der Waals surface area contributed by atoms with E-state index in [1.165, 1.54) is 11.1 Å². The number of halogens is 1. The molecule has 1 aliphatic heterocycles. The van der Waals surface area contributed by atoms with E-state index in [1.54, 1.807) is 0 Å². The molecule has 0 bridgehead atoms. The molecular weight excluding hydrogens is 282 g/mol. The first-order valence-electron chi connectivity index (χ1n) is 7.44. The summed E-state index contributed by atoms with van der Waals surface area (Å²) in [4.78, 5) is 7.03. The molecular formula is C17H20ClN3. The van der Waals surface area contributed by atoms with E-state index in [0.29, 0.717) is 0 Å². The minimum absolute atomic E-state index is 0.744. The lowest BCUT2D eigenvalue weighted by Crippen LogP contribution is -2.17. The van der Waals surface area contributed by atoms with E-state index in [9.17, 15) is 0 Å². The number of hydrogen-bond acceptors (Lipinski definition) is 3. The van der Waals surface area contributed by atoms with E-state index in [4.69, 9.17) is 11.6 Å². The molecule has 1 aromatic carbocycles. The van der Waals surface area contributed by atoms with Crippen molar-refractivity contribution in [2.75, 3.05) is 11.9 Å². The fraction of sp³-hybridized carbons (Fsp3) is 0.353. The zero-order valence-corrected chi connectivity index (χ0v) is 13.0. The molecule has 1 aliphatic rings. The first kappa shape index (κ1) is 14.4. The van der Waals surface area contributed by atoms with Gasteiger partial charge in [-0.1, -0.05) is 42.8 Å². The smallest absolute Gasteiger partial charge is 0.126 e. The molecule has 0 saturated heterocycles. The van der Waals surface area contributed by atoms with Crippen LogP contribution in [0.1, 0.15) is 30.2 Å². The van der Waals surface area contributed by atoms with Gasteiger partial charge in [-0.2, -0.15) is 0 Å². The van der Waals surface area contributed by atoms with Crippen molar-refractivity contribution < 1.29 is 0 Å². The summed E-state index contributed by atoms with van der Waals surface area (Å²) in [6.45, 7) is 5.81. The average Bonchev–Trinajstić information content (AvgIpc) is 2.90. The Morgan fingerprint density at radius 2 is 1.86 bits per heavy atom. The van der Waals surface area contributed by atoms with Crippen LogP contribution >= 0.6 is 11.6 Å². The Balaban J connectivity index is 1.71. The molecule has 110 valence electrons. The number of fused-ring (bicyclic) bond motifs is 1. The number of rotatable bonds is 5. The van der Waals surface area contributed by atoms with Crippen LogP contribution < -0.4 is 5.32 Å². The summed E-state index contributed by atoms with van der Waals surface area (Å²) in [6.07, 6.45) is 1.08. The summed E-state index contributed by atoms with van der Waals surface area (Å²) in [5, 5.41) is 4.06. The van der Waals surface area contributed by atoms with Gasteiger partial charge in [0, 0.05) is 26.2 Å². The van der Waals surface area contributed by atoms with Gasteiger partial charge < -0.3 is 5.32 Å². The molecule has 1 N–H and O–H groups in total. The Morgan fingerprint density at radius 1 is 1.14 bits per heavy atom. The fourth-order valence-corrected chi connectivity index (χ4v) is 2.84. The Hall–Kier alpha value is -1.58. The molecule has 0 fully saturated rings. The van der Waals surface area contributed by atoms with E-state index in [1.807, 2.05) is 12.1 Å². The Kier molecular flexibility index (Phi) is 4.42. The highest BCUT2D eigenvalue weighted by atomic mass is 35.5. The predicted molar refractivity (Wildman–Crippen MR) is 87.4 cm³/mol. The molecule has 0 radical (unpaired) electrons. The van der Waals surface area contributed by atoms with Gasteiger partial charge in [0.1, 0.15) is 5.82 Å². The van der Waals surface area contributed by atoms with Gasteiger partial charge in [-0.05, 0) is 29.7 Å². The first-order chi connectivity index (χ1) is 10.3. The normalized spacial score (nSPS) is 14.2. The van der Waals surface area contributed by atoms with Crippen molar-refractivity contribution in [2.24, 2.45) is 0 Å². The monoisotopic (exact) mass is 301 g/mol. The third kappa shape index (κ3) is 3.36. The lowest BCUT2D eigenvalue weighted by Gasteiger charge is -2.16. The van der Waals surface area contributed by atoms with Crippen molar-refractivity contribution in [1.82, 2.24) is 9.88 Å². The van der Waals surface area contributed by atoms with Gasteiger partial charge >= 0.3 is 0 Å². The van der Waals surface area contributed by atoms with E-state index in [0.717, 1.165) is 49.1 Å². The topological polar surface area (TPSA) is 28.2 Å². The summed E-state index contributed by atoms with van der Waals surface area (Å²) in [5.74, 6) is 0.910. The molecule has 3 rings (SSSR count). The number of nitrogens with zero attached hydrogens (tertiary/aromatic N) is 2. The summed E-state index contributed by atoms with van der Waals surface area (Å²) in [6, 6.07) is 12.5. The van der Waals surface area contributed by atoms with Gasteiger partial charge in [-0.3, -0.25) is 4.90 Å². The van der Waals surface area contributed by atoms with Crippen molar-refractivity contribution >= 4 is 17.4 Å². The second kappa shape index (κ2) is 6.46. The largest absolute Gasteiger partial charge is 0.370 e. The molecule has 2 heterocycles. The number of aromatic nitrogens is 1. The van der Waals surface area contributed by atoms with E-state index in [2.05, 4.69) is 46.4 Å². The molecule has 0 amide bonds. The maximum Gasteiger partial charge on any atom is 0.126 e. The molecule has 0 atom stereocenters. The van der Waals surface area contributed by atoms with Crippen molar-refractivity contribution in [2.45, 2.75) is 33.0 Å². The highest BCUT2D eigenvalue weighted by Crippen LogP contribution is 2.26. The quantitative estimate of drug-likeness (QED) is 0.902. The van der Waals surface area contributed by atoms with Crippen molar-refractivity contribution in [3.05, 3.63) is 58.2 Å². The molecule has 3 nitrogen and oxygen atoms in total. The maximum atomic E-state index is 6.30. The molecule has 0 saturated carbocycles. The summed E-state index contributed by atoms with van der Waals surface area (Å²) in [5.41, 5.74) is 3.77. The van der Waals surface area contributed by atoms with Crippen LogP contribution in [-0.2, 0) is 19.6 Å². The highest BCUT2D eigenvalue weighted by molar-refractivity contribution is 6.31. The number of anilines is 1. The van der Waals surface area contributed by atoms with Crippen LogP contribution in [0.5, 0.6) is 0 Å². The van der Waals surface area contributed by atoms with Crippen LogP contribution in [-0.4, -0.2) is 16.4 Å². The van der Waals surface area contributed by atoms with Crippen LogP contribution in [0.15, 0.2) is 36.4 Å². The standard InChI is InChI=1S/C17H20ClN3/c1-2-9-19-17-8-7-15(18)16(20-17)12-21-10-13-5-3-4-6-14(13)11-21/h3-8H,2,9-12H2,1H3,(H,19,20). The van der Waals surface area contributed by atoms with Crippen molar-refractivity contribution in [3.8, 4) is 0 Å². The van der Waals surface area contributed by atoms with Crippen LogP contribution in [0.25, 0.3) is 0 Å². The van der Waals surface area contributed by atoms with E-state index in [-0.39, 0.29) is 0 Å². The number of nitrogens with one attached hydrogen (secondary N) is 1. The van der Waals surface area contributed by atoms with Crippen molar-refractivity contribution in [3.63, 3.8) is 0 Å². The van der Waals surface area contributed by atoms with Gasteiger partial charge in [0.25, 0.3) is 0 Å². The Labute approximate surface area is 131 Å². The minimum Gasteiger partial charge on any atom is -0.370 e. The lowest BCUT2D eigenvalue weighted by atomic mass is 10.1. The van der Waals surface area contributed by atoms with Gasteiger partial charge in [0.2, 0.25) is 0 Å². The summed E-state index contributed by atoms with van der Waals surface area (Å²) < 4.78 is 0. The number of benzene rings is 1. The zero-order valence-electron chi connectivity index (χ0n) is 12.3. The van der Waals surface area contributed by atoms with Gasteiger partial charge in [0.05, 0.1) is 10.7 Å². The van der Waals surface area contributed by atoms with Gasteiger partial charge in [-0.25, -0.2) is 4.98 Å². The van der Waals surface area contributed by atoms with Crippen LogP contribution in [0, 0.1) is 0 Å². The predicted octanol–water partition coefficient (Wildman–Crippen LogP) is 4.07. The Bertz CT molecular complexity index is 602. The highest BCUT2D eigenvalue weighted by Gasteiger charge is 2.19. The maximum absolute atomic E-state index is 6.30. The fourth-order valence-electron chi connectivity index (χ4n) is 2.67.